The molecule has 1 aliphatic rings. The zero-order valence-electron chi connectivity index (χ0n) is 11.5. The zero-order chi connectivity index (χ0) is 14.0. The average molecular weight is 274 g/mol. The number of hydrogen-bond acceptors (Lipinski definition) is 5. The molecule has 0 spiro atoms. The molecule has 0 unspecified atom stereocenters. The molecule has 0 aliphatic heterocycles. The predicted molar refractivity (Wildman–Crippen MR) is 73.2 cm³/mol. The quantitative estimate of drug-likeness (QED) is 0.930. The average Bonchev–Trinajstić information content (AvgIpc) is 2.98. The van der Waals surface area contributed by atoms with Crippen LogP contribution in [0.5, 0.6) is 5.75 Å². The molecule has 1 saturated carbocycles. The van der Waals surface area contributed by atoms with Crippen LogP contribution in [0, 0.1) is 0 Å². The van der Waals surface area contributed by atoms with E-state index in [0.717, 1.165) is 25.7 Å². The Morgan fingerprint density at radius 2 is 1.95 bits per heavy atom. The van der Waals surface area contributed by atoms with Crippen LogP contribution in [0.2, 0.25) is 0 Å². The summed E-state index contributed by atoms with van der Waals surface area (Å²) in [6.07, 6.45) is 5.24. The molecule has 0 radical (unpaired) electrons. The number of rotatable bonds is 3. The Balaban J connectivity index is 1.95. The highest BCUT2D eigenvalue weighted by Gasteiger charge is 2.38. The number of hydrogen-bond donors (Lipinski definition) is 1. The largest absolute Gasteiger partial charge is 0.507 e. The number of ether oxygens (including phenoxy) is 1. The van der Waals surface area contributed by atoms with E-state index < -0.39 is 5.60 Å². The van der Waals surface area contributed by atoms with Crippen LogP contribution in [-0.2, 0) is 10.3 Å². The lowest BCUT2D eigenvalue weighted by molar-refractivity contribution is -0.0527. The van der Waals surface area contributed by atoms with Crippen LogP contribution >= 0.6 is 0 Å². The maximum atomic E-state index is 9.85. The summed E-state index contributed by atoms with van der Waals surface area (Å²) < 4.78 is 11.0. The van der Waals surface area contributed by atoms with Crippen molar-refractivity contribution in [3.8, 4) is 17.2 Å². The van der Waals surface area contributed by atoms with Gasteiger partial charge in [-0.1, -0.05) is 36.6 Å². The maximum Gasteiger partial charge on any atom is 0.261 e. The first kappa shape index (κ1) is 13.1. The minimum absolute atomic E-state index is 0.137. The number of benzene rings is 1. The first-order valence-electron chi connectivity index (χ1n) is 6.93. The number of phenols is 1. The summed E-state index contributed by atoms with van der Waals surface area (Å²) in [6, 6.07) is 6.94. The van der Waals surface area contributed by atoms with Crippen LogP contribution in [0.25, 0.3) is 11.5 Å². The van der Waals surface area contributed by atoms with Crippen molar-refractivity contribution in [1.29, 1.82) is 0 Å². The lowest BCUT2D eigenvalue weighted by Crippen LogP contribution is -2.32. The molecule has 1 aromatic heterocycles. The minimum atomic E-state index is -0.440. The van der Waals surface area contributed by atoms with Crippen LogP contribution in [0.3, 0.4) is 0 Å². The number of aromatic hydroxyl groups is 1. The molecule has 1 aliphatic carbocycles. The maximum absolute atomic E-state index is 9.85. The molecule has 0 bridgehead atoms. The number of para-hydroxylation sites is 1. The summed E-state index contributed by atoms with van der Waals surface area (Å²) in [5, 5.41) is 13.9. The van der Waals surface area contributed by atoms with E-state index in [1.54, 1.807) is 25.3 Å². The van der Waals surface area contributed by atoms with Crippen LogP contribution in [-0.4, -0.2) is 22.4 Å². The summed E-state index contributed by atoms with van der Waals surface area (Å²) in [4.78, 5) is 4.45. The van der Waals surface area contributed by atoms with Gasteiger partial charge in [0.15, 0.2) is 0 Å². The molecule has 5 heteroatoms. The van der Waals surface area contributed by atoms with E-state index in [4.69, 9.17) is 9.26 Å². The highest BCUT2D eigenvalue weighted by molar-refractivity contribution is 5.61. The van der Waals surface area contributed by atoms with Crippen molar-refractivity contribution in [2.24, 2.45) is 0 Å². The fourth-order valence-corrected chi connectivity index (χ4v) is 2.81. The second-order valence-corrected chi connectivity index (χ2v) is 5.20. The Hall–Kier alpha value is -1.88. The minimum Gasteiger partial charge on any atom is -0.507 e. The van der Waals surface area contributed by atoms with Gasteiger partial charge in [-0.2, -0.15) is 4.98 Å². The summed E-state index contributed by atoms with van der Waals surface area (Å²) in [5.74, 6) is 1.05. The van der Waals surface area contributed by atoms with Gasteiger partial charge in [-0.05, 0) is 25.0 Å². The van der Waals surface area contributed by atoms with Crippen molar-refractivity contribution in [2.75, 3.05) is 7.11 Å². The summed E-state index contributed by atoms with van der Waals surface area (Å²) in [6.45, 7) is 0. The molecule has 0 saturated heterocycles. The van der Waals surface area contributed by atoms with Gasteiger partial charge in [0, 0.05) is 7.11 Å². The Labute approximate surface area is 117 Å². The zero-order valence-corrected chi connectivity index (χ0v) is 11.5. The predicted octanol–water partition coefficient (Wildman–Crippen LogP) is 3.25. The lowest BCUT2D eigenvalue weighted by atomic mass is 9.84. The third kappa shape index (κ3) is 2.18. The van der Waals surface area contributed by atoms with Crippen molar-refractivity contribution < 1.29 is 14.4 Å². The van der Waals surface area contributed by atoms with Crippen LogP contribution < -0.4 is 0 Å². The first-order valence-corrected chi connectivity index (χ1v) is 6.93. The van der Waals surface area contributed by atoms with Gasteiger partial charge in [-0.3, -0.25) is 0 Å². The van der Waals surface area contributed by atoms with E-state index in [2.05, 4.69) is 10.1 Å². The molecule has 1 aromatic carbocycles. The second kappa shape index (κ2) is 5.25. The molecule has 1 fully saturated rings. The summed E-state index contributed by atoms with van der Waals surface area (Å²) in [5.41, 5.74) is 0.109. The van der Waals surface area contributed by atoms with Gasteiger partial charge in [0.1, 0.15) is 11.4 Å². The van der Waals surface area contributed by atoms with E-state index in [1.165, 1.54) is 6.42 Å². The highest BCUT2D eigenvalue weighted by atomic mass is 16.5. The van der Waals surface area contributed by atoms with Crippen LogP contribution in [0.15, 0.2) is 28.8 Å². The second-order valence-electron chi connectivity index (χ2n) is 5.20. The van der Waals surface area contributed by atoms with E-state index >= 15 is 0 Å². The van der Waals surface area contributed by atoms with Gasteiger partial charge in [-0.15, -0.1) is 0 Å². The standard InChI is InChI=1S/C15H18N2O3/c1-19-15(9-5-2-6-10-15)14-16-13(20-17-14)11-7-3-4-8-12(11)18/h3-4,7-8,18H,2,5-6,9-10H2,1H3. The van der Waals surface area contributed by atoms with Gasteiger partial charge in [0.2, 0.25) is 5.82 Å². The molecule has 2 aromatic rings. The topological polar surface area (TPSA) is 68.4 Å². The Kier molecular flexibility index (Phi) is 3.44. The third-order valence-corrected chi connectivity index (χ3v) is 4.02. The van der Waals surface area contributed by atoms with Crippen molar-refractivity contribution in [3.63, 3.8) is 0 Å². The monoisotopic (exact) mass is 274 g/mol. The molecule has 5 nitrogen and oxygen atoms in total. The van der Waals surface area contributed by atoms with Crippen molar-refractivity contribution in [3.05, 3.63) is 30.1 Å². The Morgan fingerprint density at radius 1 is 1.20 bits per heavy atom. The van der Waals surface area contributed by atoms with Gasteiger partial charge < -0.3 is 14.4 Å². The number of methoxy groups -OCH3 is 1. The van der Waals surface area contributed by atoms with Crippen molar-refractivity contribution >= 4 is 0 Å². The molecule has 1 N–H and O–H groups in total. The SMILES string of the molecule is COC1(c2noc(-c3ccccc3O)n2)CCCCC1. The summed E-state index contributed by atoms with van der Waals surface area (Å²) >= 11 is 0. The van der Waals surface area contributed by atoms with Gasteiger partial charge in [-0.25, -0.2) is 0 Å². The lowest BCUT2D eigenvalue weighted by Gasteiger charge is -2.32. The molecule has 3 rings (SSSR count). The molecule has 106 valence electrons. The Morgan fingerprint density at radius 3 is 2.65 bits per heavy atom. The molecule has 0 amide bonds. The fraction of sp³-hybridized carbons (Fsp3) is 0.467. The molecular formula is C15H18N2O3. The molecule has 20 heavy (non-hydrogen) atoms. The number of aromatic nitrogens is 2. The first-order chi connectivity index (χ1) is 9.75. The molecule has 0 atom stereocenters. The van der Waals surface area contributed by atoms with Gasteiger partial charge >= 0.3 is 0 Å². The van der Waals surface area contributed by atoms with Crippen molar-refractivity contribution in [1.82, 2.24) is 10.1 Å². The van der Waals surface area contributed by atoms with E-state index in [9.17, 15) is 5.11 Å². The number of nitrogens with zero attached hydrogens (tertiary/aromatic N) is 2. The highest BCUT2D eigenvalue weighted by Crippen LogP contribution is 2.39. The van der Waals surface area contributed by atoms with E-state index in [1.807, 2.05) is 6.07 Å². The van der Waals surface area contributed by atoms with E-state index in [0.29, 0.717) is 17.3 Å². The fourth-order valence-electron chi connectivity index (χ4n) is 2.81. The normalized spacial score (nSPS) is 18.1. The number of phenolic OH excluding ortho intramolecular Hbond substituents is 1. The smallest absolute Gasteiger partial charge is 0.261 e. The molecular weight excluding hydrogens is 256 g/mol. The van der Waals surface area contributed by atoms with Crippen LogP contribution in [0.4, 0.5) is 0 Å². The Bertz CT molecular complexity index is 588. The van der Waals surface area contributed by atoms with Crippen molar-refractivity contribution in [2.45, 2.75) is 37.7 Å². The van der Waals surface area contributed by atoms with Gasteiger partial charge in [0.25, 0.3) is 5.89 Å². The van der Waals surface area contributed by atoms with E-state index in [-0.39, 0.29) is 5.75 Å². The van der Waals surface area contributed by atoms with Gasteiger partial charge in [0.05, 0.1) is 5.56 Å². The molecule has 1 heterocycles. The summed E-state index contributed by atoms with van der Waals surface area (Å²) in [7, 11) is 1.70. The third-order valence-electron chi connectivity index (χ3n) is 4.02. The van der Waals surface area contributed by atoms with Crippen LogP contribution in [0.1, 0.15) is 37.9 Å².